The smallest absolute Gasteiger partial charge is 0.286 e. The van der Waals surface area contributed by atoms with Crippen LogP contribution in [0.25, 0.3) is 34.2 Å². The Hall–Kier alpha value is -3.58. The number of aromatic nitrogens is 2. The molecule has 170 valence electrons. The Morgan fingerprint density at radius 3 is 2.76 bits per heavy atom. The van der Waals surface area contributed by atoms with Crippen molar-refractivity contribution in [3.05, 3.63) is 77.3 Å². The monoisotopic (exact) mass is 468 g/mol. The highest BCUT2D eigenvalue weighted by atomic mass is 32.2. The molecular weight excluding hydrogens is 444 g/mol. The average molecular weight is 469 g/mol. The van der Waals surface area contributed by atoms with Crippen LogP contribution in [0.4, 0.5) is 0 Å². The van der Waals surface area contributed by atoms with Crippen LogP contribution in [0.5, 0.6) is 0 Å². The van der Waals surface area contributed by atoms with Crippen LogP contribution >= 0.6 is 11.8 Å². The van der Waals surface area contributed by atoms with Crippen LogP contribution in [0.2, 0.25) is 0 Å². The molecule has 2 aromatic carbocycles. The Morgan fingerprint density at radius 2 is 1.94 bits per heavy atom. The summed E-state index contributed by atoms with van der Waals surface area (Å²) in [5.74, 6) is 1.09. The van der Waals surface area contributed by atoms with Gasteiger partial charge in [0.05, 0.1) is 10.6 Å². The maximum Gasteiger partial charge on any atom is 0.286 e. The molecule has 7 heteroatoms. The SMILES string of the molecule is C[C@@H]1CCCN(C2=NC(=O)/C(=C/c3cn(-c4ccccc4)nc3-c3cc4ccccc4o3)S2)C1. The van der Waals surface area contributed by atoms with Gasteiger partial charge >= 0.3 is 0 Å². The van der Waals surface area contributed by atoms with Crippen molar-refractivity contribution in [2.75, 3.05) is 13.1 Å². The number of aliphatic imine (C=N–C) groups is 1. The number of hydrogen-bond donors (Lipinski definition) is 0. The van der Waals surface area contributed by atoms with E-state index >= 15 is 0 Å². The van der Waals surface area contributed by atoms with E-state index in [2.05, 4.69) is 16.8 Å². The fourth-order valence-corrected chi connectivity index (χ4v) is 5.47. The van der Waals surface area contributed by atoms with E-state index < -0.39 is 0 Å². The summed E-state index contributed by atoms with van der Waals surface area (Å²) in [6.07, 6.45) is 6.20. The quantitative estimate of drug-likeness (QED) is 0.346. The first kappa shape index (κ1) is 21.0. The number of likely N-dealkylation sites (tertiary alicyclic amines) is 1. The number of carbonyl (C=O) groups excluding carboxylic acids is 1. The van der Waals surface area contributed by atoms with Crippen LogP contribution < -0.4 is 0 Å². The van der Waals surface area contributed by atoms with Crippen molar-refractivity contribution in [2.45, 2.75) is 19.8 Å². The van der Waals surface area contributed by atoms with Crippen LogP contribution in [-0.2, 0) is 4.79 Å². The molecule has 6 rings (SSSR count). The highest BCUT2D eigenvalue weighted by molar-refractivity contribution is 8.18. The molecule has 34 heavy (non-hydrogen) atoms. The molecule has 0 unspecified atom stereocenters. The maximum atomic E-state index is 12.8. The molecule has 1 saturated heterocycles. The van der Waals surface area contributed by atoms with E-state index in [1.807, 2.05) is 77.6 Å². The lowest BCUT2D eigenvalue weighted by Gasteiger charge is -2.31. The molecule has 2 aliphatic rings. The van der Waals surface area contributed by atoms with Gasteiger partial charge in [0.2, 0.25) is 0 Å². The number of carbonyl (C=O) groups is 1. The molecule has 2 aliphatic heterocycles. The third kappa shape index (κ3) is 3.96. The zero-order valence-corrected chi connectivity index (χ0v) is 19.7. The van der Waals surface area contributed by atoms with Gasteiger partial charge in [-0.2, -0.15) is 10.1 Å². The number of para-hydroxylation sites is 2. The van der Waals surface area contributed by atoms with Gasteiger partial charge in [0, 0.05) is 30.2 Å². The van der Waals surface area contributed by atoms with E-state index in [1.165, 1.54) is 18.2 Å². The van der Waals surface area contributed by atoms with Crippen molar-refractivity contribution in [1.29, 1.82) is 0 Å². The van der Waals surface area contributed by atoms with E-state index in [0.717, 1.165) is 46.9 Å². The lowest BCUT2D eigenvalue weighted by molar-refractivity contribution is -0.113. The van der Waals surface area contributed by atoms with Gasteiger partial charge in [-0.3, -0.25) is 4.79 Å². The Labute approximate surface area is 202 Å². The zero-order valence-electron chi connectivity index (χ0n) is 18.8. The Balaban J connectivity index is 1.39. The number of amidine groups is 1. The van der Waals surface area contributed by atoms with E-state index in [0.29, 0.717) is 22.3 Å². The van der Waals surface area contributed by atoms with Crippen molar-refractivity contribution >= 4 is 39.9 Å². The minimum Gasteiger partial charge on any atom is -0.454 e. The van der Waals surface area contributed by atoms with Crippen molar-refractivity contribution in [3.8, 4) is 17.1 Å². The third-order valence-corrected chi connectivity index (χ3v) is 7.29. The molecule has 2 aromatic heterocycles. The molecule has 0 aliphatic carbocycles. The molecule has 4 heterocycles. The van der Waals surface area contributed by atoms with Crippen molar-refractivity contribution in [3.63, 3.8) is 0 Å². The molecule has 1 fully saturated rings. The number of thioether (sulfide) groups is 1. The fourth-order valence-electron chi connectivity index (χ4n) is 4.53. The Kier molecular flexibility index (Phi) is 5.34. The number of piperidine rings is 1. The molecule has 0 saturated carbocycles. The Bertz CT molecular complexity index is 1400. The van der Waals surface area contributed by atoms with Gasteiger partial charge in [-0.1, -0.05) is 43.3 Å². The fraction of sp³-hybridized carbons (Fsp3) is 0.222. The normalized spacial score (nSPS) is 19.9. The second-order valence-electron chi connectivity index (χ2n) is 8.87. The highest BCUT2D eigenvalue weighted by Gasteiger charge is 2.29. The molecule has 0 radical (unpaired) electrons. The molecule has 0 bridgehead atoms. The first-order chi connectivity index (χ1) is 16.6. The van der Waals surface area contributed by atoms with Crippen LogP contribution in [-0.4, -0.2) is 38.8 Å². The molecule has 1 amide bonds. The van der Waals surface area contributed by atoms with E-state index in [-0.39, 0.29) is 5.91 Å². The summed E-state index contributed by atoms with van der Waals surface area (Å²) >= 11 is 1.46. The molecule has 0 spiro atoms. The number of amides is 1. The molecule has 0 N–H and O–H groups in total. The van der Waals surface area contributed by atoms with E-state index in [1.54, 1.807) is 0 Å². The summed E-state index contributed by atoms with van der Waals surface area (Å²) in [6, 6.07) is 19.8. The van der Waals surface area contributed by atoms with Gasteiger partial charge in [0.25, 0.3) is 5.91 Å². The molecule has 1 atom stereocenters. The molecule has 4 aromatic rings. The lowest BCUT2D eigenvalue weighted by Crippen LogP contribution is -2.37. The van der Waals surface area contributed by atoms with Gasteiger partial charge in [-0.05, 0) is 60.9 Å². The van der Waals surface area contributed by atoms with Crippen molar-refractivity contribution in [2.24, 2.45) is 10.9 Å². The number of hydrogen-bond acceptors (Lipinski definition) is 5. The minimum atomic E-state index is -0.193. The lowest BCUT2D eigenvalue weighted by atomic mass is 10.0. The summed E-state index contributed by atoms with van der Waals surface area (Å²) < 4.78 is 7.96. The summed E-state index contributed by atoms with van der Waals surface area (Å²) in [4.78, 5) is 20.0. The van der Waals surface area contributed by atoms with E-state index in [4.69, 9.17) is 9.52 Å². The van der Waals surface area contributed by atoms with Gasteiger partial charge < -0.3 is 9.32 Å². The minimum absolute atomic E-state index is 0.193. The Morgan fingerprint density at radius 1 is 1.12 bits per heavy atom. The number of rotatable bonds is 3. The number of nitrogens with zero attached hydrogens (tertiary/aromatic N) is 4. The molecular formula is C27H24N4O2S. The zero-order chi connectivity index (χ0) is 23.1. The van der Waals surface area contributed by atoms with Crippen LogP contribution in [0, 0.1) is 5.92 Å². The van der Waals surface area contributed by atoms with Crippen LogP contribution in [0.3, 0.4) is 0 Å². The predicted molar refractivity (Wildman–Crippen MR) is 137 cm³/mol. The maximum absolute atomic E-state index is 12.8. The first-order valence-corrected chi connectivity index (χ1v) is 12.4. The second kappa shape index (κ2) is 8.65. The number of furan rings is 1. The standard InChI is InChI=1S/C27H24N4O2S/c1-18-8-7-13-30(16-18)27-28-26(32)24(34-27)15-20-17-31(21-10-3-2-4-11-21)29-25(20)23-14-19-9-5-6-12-22(19)33-23/h2-6,9-12,14-15,17-18H,7-8,13,16H2,1H3/b24-15-/t18-/m1/s1. The number of benzene rings is 2. The largest absolute Gasteiger partial charge is 0.454 e. The topological polar surface area (TPSA) is 63.6 Å². The van der Waals surface area contributed by atoms with E-state index in [9.17, 15) is 4.79 Å². The van der Waals surface area contributed by atoms with Crippen LogP contribution in [0.15, 0.2) is 81.2 Å². The van der Waals surface area contributed by atoms with Gasteiger partial charge in [-0.25, -0.2) is 4.68 Å². The van der Waals surface area contributed by atoms with Crippen molar-refractivity contribution in [1.82, 2.24) is 14.7 Å². The summed E-state index contributed by atoms with van der Waals surface area (Å²) in [6.45, 7) is 4.15. The number of fused-ring (bicyclic) bond motifs is 1. The molecule has 6 nitrogen and oxygen atoms in total. The van der Waals surface area contributed by atoms with Gasteiger partial charge in [0.1, 0.15) is 11.3 Å². The van der Waals surface area contributed by atoms with Crippen molar-refractivity contribution < 1.29 is 9.21 Å². The van der Waals surface area contributed by atoms with Crippen LogP contribution in [0.1, 0.15) is 25.3 Å². The second-order valence-corrected chi connectivity index (χ2v) is 9.87. The highest BCUT2D eigenvalue weighted by Crippen LogP contribution is 2.35. The third-order valence-electron chi connectivity index (χ3n) is 6.25. The predicted octanol–water partition coefficient (Wildman–Crippen LogP) is 5.99. The average Bonchev–Trinajstić information content (AvgIpc) is 3.57. The van der Waals surface area contributed by atoms with Gasteiger partial charge in [-0.15, -0.1) is 0 Å². The first-order valence-electron chi connectivity index (χ1n) is 11.6. The summed E-state index contributed by atoms with van der Waals surface area (Å²) in [5.41, 5.74) is 3.26. The van der Waals surface area contributed by atoms with Gasteiger partial charge in [0.15, 0.2) is 10.9 Å². The summed E-state index contributed by atoms with van der Waals surface area (Å²) in [5, 5.41) is 6.67. The summed E-state index contributed by atoms with van der Waals surface area (Å²) in [7, 11) is 0.